The number of aryl methyl sites for hydroxylation is 1. The van der Waals surface area contributed by atoms with E-state index in [1.54, 1.807) is 6.20 Å². The Morgan fingerprint density at radius 3 is 2.56 bits per heavy atom. The molecule has 0 atom stereocenters. The molecular formula is C15H20N2O. The predicted octanol–water partition coefficient (Wildman–Crippen LogP) is 3.70. The van der Waals surface area contributed by atoms with Gasteiger partial charge in [0.05, 0.1) is 5.69 Å². The van der Waals surface area contributed by atoms with Gasteiger partial charge in [-0.1, -0.05) is 11.6 Å². The van der Waals surface area contributed by atoms with Crippen LogP contribution in [0.15, 0.2) is 23.4 Å². The van der Waals surface area contributed by atoms with Gasteiger partial charge in [-0.25, -0.2) is 9.97 Å². The lowest BCUT2D eigenvalue weighted by atomic mass is 9.88. The topological polar surface area (TPSA) is 35.0 Å². The number of ether oxygens (including phenoxy) is 1. The molecule has 0 N–H and O–H groups in total. The molecule has 0 bridgehead atoms. The number of fused-ring (bicyclic) bond motifs is 1. The van der Waals surface area contributed by atoms with Gasteiger partial charge < -0.3 is 4.74 Å². The molecule has 18 heavy (non-hydrogen) atoms. The zero-order valence-corrected chi connectivity index (χ0v) is 12.0. The number of nitrogens with zero attached hydrogens (tertiary/aromatic N) is 2. The second-order valence-electron chi connectivity index (χ2n) is 5.54. The van der Waals surface area contributed by atoms with Crippen molar-refractivity contribution in [1.82, 2.24) is 9.97 Å². The van der Waals surface area contributed by atoms with Crippen molar-refractivity contribution in [2.45, 2.75) is 47.1 Å². The zero-order chi connectivity index (χ0) is 13.5. The van der Waals surface area contributed by atoms with Gasteiger partial charge in [0, 0.05) is 11.8 Å². The molecule has 2 rings (SSSR count). The SMILES string of the molecule is CC(C)=CC1=C(C)c2ncc(C)nc2OC1(C)C. The molecule has 1 aliphatic heterocycles. The van der Waals surface area contributed by atoms with E-state index in [0.717, 1.165) is 17.0 Å². The molecule has 0 fully saturated rings. The average molecular weight is 244 g/mol. The maximum Gasteiger partial charge on any atom is 0.241 e. The van der Waals surface area contributed by atoms with Crippen molar-refractivity contribution in [3.05, 3.63) is 34.8 Å². The molecule has 1 aliphatic rings. The molecule has 96 valence electrons. The Bertz CT molecular complexity index is 550. The fourth-order valence-corrected chi connectivity index (χ4v) is 2.23. The molecule has 2 heterocycles. The molecule has 1 aromatic rings. The number of hydrogen-bond acceptors (Lipinski definition) is 3. The normalized spacial score (nSPS) is 17.0. The third-order valence-corrected chi connectivity index (χ3v) is 3.05. The summed E-state index contributed by atoms with van der Waals surface area (Å²) >= 11 is 0. The van der Waals surface area contributed by atoms with Crippen LogP contribution in [-0.2, 0) is 0 Å². The highest BCUT2D eigenvalue weighted by atomic mass is 16.5. The Morgan fingerprint density at radius 2 is 1.94 bits per heavy atom. The zero-order valence-electron chi connectivity index (χ0n) is 12.0. The minimum atomic E-state index is -0.364. The minimum Gasteiger partial charge on any atom is -0.465 e. The van der Waals surface area contributed by atoms with E-state index in [-0.39, 0.29) is 5.60 Å². The van der Waals surface area contributed by atoms with E-state index in [1.165, 1.54) is 11.1 Å². The summed E-state index contributed by atoms with van der Waals surface area (Å²) in [6, 6.07) is 0. The summed E-state index contributed by atoms with van der Waals surface area (Å²) in [7, 11) is 0. The second-order valence-corrected chi connectivity index (χ2v) is 5.54. The van der Waals surface area contributed by atoms with Gasteiger partial charge in [-0.05, 0) is 47.1 Å². The largest absolute Gasteiger partial charge is 0.465 e. The molecule has 0 radical (unpaired) electrons. The summed E-state index contributed by atoms with van der Waals surface area (Å²) in [5.41, 5.74) is 4.94. The summed E-state index contributed by atoms with van der Waals surface area (Å²) in [5, 5.41) is 0. The van der Waals surface area contributed by atoms with Crippen molar-refractivity contribution in [2.75, 3.05) is 0 Å². The van der Waals surface area contributed by atoms with Crippen LogP contribution in [0, 0.1) is 6.92 Å². The fraction of sp³-hybridized carbons (Fsp3) is 0.467. The lowest BCUT2D eigenvalue weighted by Gasteiger charge is -2.34. The summed E-state index contributed by atoms with van der Waals surface area (Å²) < 4.78 is 6.01. The summed E-state index contributed by atoms with van der Waals surface area (Å²) in [6.45, 7) is 12.3. The van der Waals surface area contributed by atoms with Crippen LogP contribution in [0.5, 0.6) is 5.88 Å². The highest BCUT2D eigenvalue weighted by Gasteiger charge is 2.33. The van der Waals surface area contributed by atoms with Crippen LogP contribution in [-0.4, -0.2) is 15.6 Å². The molecule has 0 spiro atoms. The number of rotatable bonds is 1. The second kappa shape index (κ2) is 4.23. The van der Waals surface area contributed by atoms with Crippen LogP contribution in [0.4, 0.5) is 0 Å². The van der Waals surface area contributed by atoms with Crippen LogP contribution >= 0.6 is 0 Å². The first-order valence-electron chi connectivity index (χ1n) is 6.20. The fourth-order valence-electron chi connectivity index (χ4n) is 2.23. The highest BCUT2D eigenvalue weighted by molar-refractivity contribution is 5.73. The van der Waals surface area contributed by atoms with E-state index >= 15 is 0 Å². The monoisotopic (exact) mass is 244 g/mol. The number of hydrogen-bond donors (Lipinski definition) is 0. The van der Waals surface area contributed by atoms with Crippen LogP contribution < -0.4 is 4.74 Å². The van der Waals surface area contributed by atoms with E-state index in [9.17, 15) is 0 Å². The standard InChI is InChI=1S/C15H20N2O/c1-9(2)7-12-11(4)13-14(18-15(12,5)6)17-10(3)8-16-13/h7-8H,1-6H3. The van der Waals surface area contributed by atoms with Gasteiger partial charge in [0.15, 0.2) is 0 Å². The molecule has 0 aromatic carbocycles. The van der Waals surface area contributed by atoms with Crippen molar-refractivity contribution < 1.29 is 4.74 Å². The molecule has 0 saturated carbocycles. The third-order valence-electron chi connectivity index (χ3n) is 3.05. The van der Waals surface area contributed by atoms with Crippen molar-refractivity contribution in [3.63, 3.8) is 0 Å². The van der Waals surface area contributed by atoms with Crippen molar-refractivity contribution in [1.29, 1.82) is 0 Å². The van der Waals surface area contributed by atoms with Crippen LogP contribution in [0.2, 0.25) is 0 Å². The van der Waals surface area contributed by atoms with Crippen LogP contribution in [0.25, 0.3) is 5.57 Å². The Morgan fingerprint density at radius 1 is 1.28 bits per heavy atom. The van der Waals surface area contributed by atoms with Crippen molar-refractivity contribution in [3.8, 4) is 5.88 Å². The average Bonchev–Trinajstić information content (AvgIpc) is 2.22. The maximum atomic E-state index is 6.01. The van der Waals surface area contributed by atoms with Crippen molar-refractivity contribution in [2.24, 2.45) is 0 Å². The van der Waals surface area contributed by atoms with E-state index in [4.69, 9.17) is 4.74 Å². The summed E-state index contributed by atoms with van der Waals surface area (Å²) in [6.07, 6.45) is 3.95. The lowest BCUT2D eigenvalue weighted by Crippen LogP contribution is -2.34. The van der Waals surface area contributed by atoms with Gasteiger partial charge in [0.2, 0.25) is 5.88 Å². The van der Waals surface area contributed by atoms with E-state index < -0.39 is 0 Å². The summed E-state index contributed by atoms with van der Waals surface area (Å²) in [4.78, 5) is 8.88. The molecule has 3 nitrogen and oxygen atoms in total. The molecule has 0 aliphatic carbocycles. The number of allylic oxidation sites excluding steroid dienone is 2. The lowest BCUT2D eigenvalue weighted by molar-refractivity contribution is 0.139. The molecular weight excluding hydrogens is 224 g/mol. The van der Waals surface area contributed by atoms with E-state index in [1.807, 2.05) is 6.92 Å². The minimum absolute atomic E-state index is 0.364. The van der Waals surface area contributed by atoms with Gasteiger partial charge in [-0.2, -0.15) is 0 Å². The quantitative estimate of drug-likeness (QED) is 0.755. The first-order valence-corrected chi connectivity index (χ1v) is 6.20. The van der Waals surface area contributed by atoms with Gasteiger partial charge >= 0.3 is 0 Å². The van der Waals surface area contributed by atoms with Crippen LogP contribution in [0.1, 0.15) is 46.0 Å². The molecule has 1 aromatic heterocycles. The maximum absolute atomic E-state index is 6.01. The first kappa shape index (κ1) is 12.8. The molecule has 0 amide bonds. The van der Waals surface area contributed by atoms with Crippen molar-refractivity contribution >= 4 is 5.57 Å². The summed E-state index contributed by atoms with van der Waals surface area (Å²) in [5.74, 6) is 0.642. The smallest absolute Gasteiger partial charge is 0.241 e. The Kier molecular flexibility index (Phi) is 3.01. The van der Waals surface area contributed by atoms with Gasteiger partial charge in [-0.3, -0.25) is 0 Å². The van der Waals surface area contributed by atoms with E-state index in [0.29, 0.717) is 5.88 Å². The van der Waals surface area contributed by atoms with Gasteiger partial charge in [0.1, 0.15) is 11.3 Å². The number of aromatic nitrogens is 2. The van der Waals surface area contributed by atoms with Crippen LogP contribution in [0.3, 0.4) is 0 Å². The predicted molar refractivity (Wildman–Crippen MR) is 73.5 cm³/mol. The Balaban J connectivity index is 2.66. The van der Waals surface area contributed by atoms with Gasteiger partial charge in [0.25, 0.3) is 0 Å². The Hall–Kier alpha value is -1.64. The molecule has 3 heteroatoms. The van der Waals surface area contributed by atoms with Gasteiger partial charge in [-0.15, -0.1) is 0 Å². The molecule has 0 saturated heterocycles. The van der Waals surface area contributed by atoms with E-state index in [2.05, 4.69) is 50.7 Å². The first-order chi connectivity index (χ1) is 8.31. The highest BCUT2D eigenvalue weighted by Crippen LogP contribution is 2.39. The molecule has 0 unspecified atom stereocenters. The third kappa shape index (κ3) is 2.17. The Labute approximate surface area is 109 Å².